The Bertz CT molecular complexity index is 1770. The highest BCUT2D eigenvalue weighted by Gasteiger charge is 2.70. The molecule has 1 aromatic rings. The van der Waals surface area contributed by atoms with Crippen molar-refractivity contribution in [1.29, 1.82) is 0 Å². The van der Waals surface area contributed by atoms with Crippen LogP contribution < -0.4 is 21.3 Å². The van der Waals surface area contributed by atoms with Gasteiger partial charge in [-0.2, -0.15) is 0 Å². The molecule has 1 saturated heterocycles. The summed E-state index contributed by atoms with van der Waals surface area (Å²) >= 11 is 0. The van der Waals surface area contributed by atoms with Gasteiger partial charge in [-0.25, -0.2) is 13.2 Å². The zero-order valence-electron chi connectivity index (χ0n) is 33.2. The van der Waals surface area contributed by atoms with Crippen LogP contribution in [0.2, 0.25) is 0 Å². The SMILES string of the molecule is C=CCNC(=O)C(=O)C(CC1CCC1)NC(=O)[C@@H]1C2C(CN1C(=O)[C@@H](NC(=O)NC1(CS(=O)(=O)C(C)(C)C)CCCCC1)C1Cc3ccccc3C1)C2(C)C. The number of rotatable bonds is 14. The number of fused-ring (bicyclic) bond motifs is 2. The number of Topliss-reactive ketones (excluding diaryl/α,β-unsaturated/α-hetero) is 1. The predicted molar refractivity (Wildman–Crippen MR) is 211 cm³/mol. The van der Waals surface area contributed by atoms with Crippen molar-refractivity contribution in [3.05, 3.63) is 48.0 Å². The van der Waals surface area contributed by atoms with E-state index in [1.54, 1.807) is 25.7 Å². The molecule has 0 aromatic heterocycles. The van der Waals surface area contributed by atoms with Crippen molar-refractivity contribution in [3.8, 4) is 0 Å². The van der Waals surface area contributed by atoms with Gasteiger partial charge in [-0.1, -0.05) is 82.7 Å². The van der Waals surface area contributed by atoms with Gasteiger partial charge in [-0.05, 0) is 93.1 Å². The van der Waals surface area contributed by atoms with E-state index in [1.807, 2.05) is 24.3 Å². The predicted octanol–water partition coefficient (Wildman–Crippen LogP) is 4.01. The van der Waals surface area contributed by atoms with Crippen LogP contribution in [-0.2, 0) is 41.9 Å². The maximum Gasteiger partial charge on any atom is 0.315 e. The molecule has 3 unspecified atom stereocenters. The Morgan fingerprint density at radius 1 is 0.964 bits per heavy atom. The first kappa shape index (κ1) is 40.9. The van der Waals surface area contributed by atoms with Gasteiger partial charge in [0.15, 0.2) is 9.84 Å². The third-order valence-corrected chi connectivity index (χ3v) is 16.3. The number of hydrogen-bond donors (Lipinski definition) is 4. The third-order valence-electron chi connectivity index (χ3n) is 13.5. The molecule has 1 aromatic carbocycles. The second kappa shape index (κ2) is 15.7. The van der Waals surface area contributed by atoms with Crippen molar-refractivity contribution in [1.82, 2.24) is 26.2 Å². The maximum absolute atomic E-state index is 15.0. The Hall–Kier alpha value is -3.74. The summed E-state index contributed by atoms with van der Waals surface area (Å²) in [6.45, 7) is 13.2. The molecule has 5 atom stereocenters. The van der Waals surface area contributed by atoms with E-state index in [0.29, 0.717) is 38.6 Å². The van der Waals surface area contributed by atoms with Crippen molar-refractivity contribution < 1.29 is 32.4 Å². The van der Waals surface area contributed by atoms with Crippen LogP contribution in [0.3, 0.4) is 0 Å². The summed E-state index contributed by atoms with van der Waals surface area (Å²) in [5.41, 5.74) is 1.00. The number of carbonyl (C=O) groups excluding carboxylic acids is 5. The van der Waals surface area contributed by atoms with E-state index in [-0.39, 0.29) is 47.3 Å². The van der Waals surface area contributed by atoms with Crippen molar-refractivity contribution in [3.63, 3.8) is 0 Å². The quantitative estimate of drug-likeness (QED) is 0.163. The normalized spacial score (nSPS) is 25.3. The number of sulfone groups is 1. The number of nitrogens with zero attached hydrogens (tertiary/aromatic N) is 1. The van der Waals surface area contributed by atoms with Gasteiger partial charge in [0.1, 0.15) is 12.1 Å². The van der Waals surface area contributed by atoms with E-state index < -0.39 is 61.9 Å². The number of benzene rings is 1. The number of urea groups is 1. The lowest BCUT2D eigenvalue weighted by Crippen LogP contribution is -2.63. The zero-order chi connectivity index (χ0) is 39.9. The van der Waals surface area contributed by atoms with E-state index >= 15 is 0 Å². The van der Waals surface area contributed by atoms with E-state index in [9.17, 15) is 32.4 Å². The topological polar surface area (TPSA) is 171 Å². The molecule has 4 aliphatic carbocycles. The monoisotopic (exact) mass is 779 g/mol. The molecule has 302 valence electrons. The highest BCUT2D eigenvalue weighted by Crippen LogP contribution is 2.65. The lowest BCUT2D eigenvalue weighted by molar-refractivity contribution is -0.144. The van der Waals surface area contributed by atoms with Gasteiger partial charge < -0.3 is 26.2 Å². The molecule has 1 heterocycles. The molecule has 13 heteroatoms. The molecule has 6 rings (SSSR count). The molecule has 4 N–H and O–H groups in total. The lowest BCUT2D eigenvalue weighted by atomic mass is 9.80. The Morgan fingerprint density at radius 3 is 2.16 bits per heavy atom. The van der Waals surface area contributed by atoms with Gasteiger partial charge in [-0.15, -0.1) is 6.58 Å². The fourth-order valence-corrected chi connectivity index (χ4v) is 11.2. The molecular weight excluding hydrogens is 719 g/mol. The van der Waals surface area contributed by atoms with Gasteiger partial charge in [0.05, 0.1) is 22.1 Å². The van der Waals surface area contributed by atoms with Crippen molar-refractivity contribution >= 4 is 39.4 Å². The molecule has 5 aliphatic rings. The molecule has 0 bridgehead atoms. The molecular formula is C42H61N5O7S. The first-order valence-corrected chi connectivity index (χ1v) is 21.9. The summed E-state index contributed by atoms with van der Waals surface area (Å²) in [5.74, 6) is -2.72. The van der Waals surface area contributed by atoms with Crippen LogP contribution in [0.15, 0.2) is 36.9 Å². The third kappa shape index (κ3) is 8.51. The van der Waals surface area contributed by atoms with Gasteiger partial charge in [0.25, 0.3) is 5.91 Å². The number of carbonyl (C=O) groups is 5. The van der Waals surface area contributed by atoms with Crippen molar-refractivity contribution in [2.75, 3.05) is 18.8 Å². The van der Waals surface area contributed by atoms with Crippen LogP contribution in [0.5, 0.6) is 0 Å². The summed E-state index contributed by atoms with van der Waals surface area (Å²) in [4.78, 5) is 71.4. The van der Waals surface area contributed by atoms with E-state index in [1.165, 1.54) is 6.08 Å². The van der Waals surface area contributed by atoms with Crippen molar-refractivity contribution in [2.45, 2.75) is 134 Å². The fourth-order valence-electron chi connectivity index (χ4n) is 9.69. The fraction of sp³-hybridized carbons (Fsp3) is 0.690. The summed E-state index contributed by atoms with van der Waals surface area (Å²) < 4.78 is 26.0. The minimum Gasteiger partial charge on any atom is -0.346 e. The second-order valence-corrected chi connectivity index (χ2v) is 21.3. The summed E-state index contributed by atoms with van der Waals surface area (Å²) in [6, 6.07) is 4.45. The number of hydrogen-bond acceptors (Lipinski definition) is 7. The number of nitrogens with one attached hydrogen (secondary N) is 4. The largest absolute Gasteiger partial charge is 0.346 e. The smallest absolute Gasteiger partial charge is 0.315 e. The van der Waals surface area contributed by atoms with Crippen LogP contribution in [0.4, 0.5) is 4.79 Å². The van der Waals surface area contributed by atoms with Crippen LogP contribution in [0, 0.1) is 29.1 Å². The number of ketones is 1. The van der Waals surface area contributed by atoms with E-state index in [2.05, 4.69) is 41.7 Å². The summed E-state index contributed by atoms with van der Waals surface area (Å²) in [5, 5.41) is 11.6. The molecule has 1 aliphatic heterocycles. The molecule has 5 amide bonds. The second-order valence-electron chi connectivity index (χ2n) is 18.6. The average molecular weight is 780 g/mol. The highest BCUT2D eigenvalue weighted by molar-refractivity contribution is 7.92. The first-order chi connectivity index (χ1) is 25.9. The van der Waals surface area contributed by atoms with Crippen molar-refractivity contribution in [2.24, 2.45) is 29.1 Å². The van der Waals surface area contributed by atoms with Crippen LogP contribution in [0.1, 0.15) is 104 Å². The highest BCUT2D eigenvalue weighted by atomic mass is 32.2. The van der Waals surface area contributed by atoms with Crippen LogP contribution >= 0.6 is 0 Å². The lowest BCUT2D eigenvalue weighted by Gasteiger charge is -2.40. The van der Waals surface area contributed by atoms with E-state index in [4.69, 9.17) is 0 Å². The Kier molecular flexibility index (Phi) is 11.6. The molecule has 0 spiro atoms. The summed E-state index contributed by atoms with van der Waals surface area (Å²) in [7, 11) is -3.59. The van der Waals surface area contributed by atoms with Crippen LogP contribution in [0.25, 0.3) is 0 Å². The Morgan fingerprint density at radius 2 is 1.60 bits per heavy atom. The molecule has 55 heavy (non-hydrogen) atoms. The van der Waals surface area contributed by atoms with Gasteiger partial charge in [0, 0.05) is 13.1 Å². The van der Waals surface area contributed by atoms with Crippen LogP contribution in [-0.4, -0.2) is 90.1 Å². The zero-order valence-corrected chi connectivity index (χ0v) is 34.1. The van der Waals surface area contributed by atoms with Gasteiger partial charge in [-0.3, -0.25) is 19.2 Å². The number of amides is 5. The Balaban J connectivity index is 1.26. The van der Waals surface area contributed by atoms with Gasteiger partial charge >= 0.3 is 6.03 Å². The molecule has 4 fully saturated rings. The molecule has 0 radical (unpaired) electrons. The molecule has 3 saturated carbocycles. The van der Waals surface area contributed by atoms with Gasteiger partial charge in [0.2, 0.25) is 17.6 Å². The minimum absolute atomic E-state index is 0.0484. The molecule has 12 nitrogen and oxygen atoms in total. The summed E-state index contributed by atoms with van der Waals surface area (Å²) in [6.07, 6.45) is 9.36. The van der Waals surface area contributed by atoms with E-state index in [0.717, 1.165) is 49.7 Å². The Labute approximate surface area is 326 Å². The average Bonchev–Trinajstić information content (AvgIpc) is 3.46. The standard InChI is InChI=1S/C42H61N5O7S/c1-7-20-43-37(50)35(48)31(21-26-14-13-15-26)44-36(49)34-32-30(41(32,5)6)24-47(34)38(51)33(29-22-27-16-9-10-17-28(27)23-29)45-39(52)46-42(18-11-8-12-19-42)25-55(53,54)40(2,3)4/h7,9-10,16-17,26,29-34H,1,8,11-15,18-25H2,2-6H3,(H,43,50)(H,44,49)(H2,45,46,52)/t30?,31?,32?,33-,34-/m0/s1. The number of piperidine rings is 1. The first-order valence-electron chi connectivity index (χ1n) is 20.3. The number of likely N-dealkylation sites (tertiary alicyclic amines) is 1. The minimum atomic E-state index is -3.59. The maximum atomic E-state index is 15.0.